The highest BCUT2D eigenvalue weighted by Crippen LogP contribution is 2.40. The minimum atomic E-state index is 0.0894. The van der Waals surface area contributed by atoms with Crippen molar-refractivity contribution in [1.82, 2.24) is 24.5 Å². The van der Waals surface area contributed by atoms with Crippen LogP contribution in [-0.2, 0) is 0 Å². The van der Waals surface area contributed by atoms with Crippen LogP contribution in [-0.4, -0.2) is 43.5 Å². The van der Waals surface area contributed by atoms with Crippen molar-refractivity contribution in [2.75, 3.05) is 13.1 Å². The number of hydrogen-bond acceptors (Lipinski definition) is 3. The number of fused-ring (bicyclic) bond motifs is 2. The summed E-state index contributed by atoms with van der Waals surface area (Å²) >= 11 is 0. The molecular weight excluding hydrogens is 362 g/mol. The van der Waals surface area contributed by atoms with Gasteiger partial charge >= 0.3 is 0 Å². The summed E-state index contributed by atoms with van der Waals surface area (Å²) in [4.78, 5) is 23.1. The number of amides is 1. The normalized spacial score (nSPS) is 17.3. The third-order valence-corrected chi connectivity index (χ3v) is 6.26. The van der Waals surface area contributed by atoms with Crippen molar-refractivity contribution in [1.29, 1.82) is 0 Å². The first-order chi connectivity index (χ1) is 14.3. The van der Waals surface area contributed by atoms with Crippen LogP contribution in [0.5, 0.6) is 0 Å². The summed E-state index contributed by atoms with van der Waals surface area (Å²) in [5.74, 6) is 0.726. The summed E-state index contributed by atoms with van der Waals surface area (Å²) in [5.41, 5.74) is 5.83. The Hall–Kier alpha value is -3.15. The first-order valence-corrected chi connectivity index (χ1v) is 10.5. The number of rotatable bonds is 3. The maximum atomic E-state index is 13.0. The topological polar surface area (TPSA) is 66.3 Å². The van der Waals surface area contributed by atoms with Gasteiger partial charge in [0.05, 0.1) is 17.3 Å². The van der Waals surface area contributed by atoms with Crippen LogP contribution < -0.4 is 0 Å². The zero-order chi connectivity index (χ0) is 19.4. The van der Waals surface area contributed by atoms with Gasteiger partial charge in [0.1, 0.15) is 5.65 Å². The molecule has 1 saturated heterocycles. The minimum Gasteiger partial charge on any atom is -0.346 e. The van der Waals surface area contributed by atoms with E-state index in [0.29, 0.717) is 11.5 Å². The maximum absolute atomic E-state index is 13.0. The summed E-state index contributed by atoms with van der Waals surface area (Å²) in [7, 11) is 0. The van der Waals surface area contributed by atoms with E-state index in [1.807, 2.05) is 23.4 Å². The maximum Gasteiger partial charge on any atom is 0.257 e. The van der Waals surface area contributed by atoms with E-state index in [9.17, 15) is 4.79 Å². The van der Waals surface area contributed by atoms with E-state index in [-0.39, 0.29) is 5.91 Å². The number of carbonyl (C=O) groups is 1. The lowest BCUT2D eigenvalue weighted by Crippen LogP contribution is -2.35. The quantitative estimate of drug-likeness (QED) is 0.569. The molecule has 1 aliphatic carbocycles. The largest absolute Gasteiger partial charge is 0.346 e. The predicted molar refractivity (Wildman–Crippen MR) is 112 cm³/mol. The molecule has 6 rings (SSSR count). The molecule has 0 aromatic carbocycles. The second kappa shape index (κ2) is 6.44. The SMILES string of the molecule is O=C(c1cnn2ccc(-c3c[nH]c4nc(C5CC5)ccc34)cc12)N1CCCCC1. The summed E-state index contributed by atoms with van der Waals surface area (Å²) in [6.07, 6.45) is 11.5. The number of aromatic nitrogens is 4. The number of piperidine rings is 1. The molecule has 4 aromatic heterocycles. The summed E-state index contributed by atoms with van der Waals surface area (Å²) in [6, 6.07) is 8.44. The fourth-order valence-electron chi connectivity index (χ4n) is 4.45. The molecule has 29 heavy (non-hydrogen) atoms. The number of nitrogens with one attached hydrogen (secondary N) is 1. The molecule has 6 nitrogen and oxygen atoms in total. The molecule has 2 aliphatic rings. The highest BCUT2D eigenvalue weighted by atomic mass is 16.2. The lowest BCUT2D eigenvalue weighted by molar-refractivity contribution is 0.0726. The van der Waals surface area contributed by atoms with E-state index in [4.69, 9.17) is 4.98 Å². The van der Waals surface area contributed by atoms with Crippen molar-refractivity contribution >= 4 is 22.5 Å². The van der Waals surface area contributed by atoms with Crippen LogP contribution in [0, 0.1) is 0 Å². The van der Waals surface area contributed by atoms with Gasteiger partial charge in [-0.1, -0.05) is 0 Å². The molecule has 6 heteroatoms. The molecule has 2 fully saturated rings. The zero-order valence-corrected chi connectivity index (χ0v) is 16.3. The third kappa shape index (κ3) is 2.82. The lowest BCUT2D eigenvalue weighted by Gasteiger charge is -2.26. The number of pyridine rings is 2. The highest BCUT2D eigenvalue weighted by molar-refractivity contribution is 6.02. The van der Waals surface area contributed by atoms with Crippen LogP contribution in [0.3, 0.4) is 0 Å². The summed E-state index contributed by atoms with van der Waals surface area (Å²) in [5, 5.41) is 5.52. The molecule has 0 radical (unpaired) electrons. The fourth-order valence-corrected chi connectivity index (χ4v) is 4.45. The van der Waals surface area contributed by atoms with Crippen molar-refractivity contribution in [3.63, 3.8) is 0 Å². The van der Waals surface area contributed by atoms with E-state index in [2.05, 4.69) is 28.3 Å². The van der Waals surface area contributed by atoms with Crippen LogP contribution in [0.25, 0.3) is 27.7 Å². The van der Waals surface area contributed by atoms with Crippen LogP contribution in [0.2, 0.25) is 0 Å². The van der Waals surface area contributed by atoms with Gasteiger partial charge in [0.25, 0.3) is 5.91 Å². The zero-order valence-electron chi connectivity index (χ0n) is 16.3. The Labute approximate surface area is 168 Å². The van der Waals surface area contributed by atoms with Crippen molar-refractivity contribution in [2.45, 2.75) is 38.0 Å². The first-order valence-electron chi connectivity index (χ1n) is 10.5. The third-order valence-electron chi connectivity index (χ3n) is 6.26. The summed E-state index contributed by atoms with van der Waals surface area (Å²) in [6.45, 7) is 1.68. The van der Waals surface area contributed by atoms with Gasteiger partial charge < -0.3 is 9.88 Å². The van der Waals surface area contributed by atoms with Gasteiger partial charge in [0, 0.05) is 48.0 Å². The van der Waals surface area contributed by atoms with Crippen molar-refractivity contribution in [2.24, 2.45) is 0 Å². The molecule has 5 heterocycles. The molecule has 0 atom stereocenters. The van der Waals surface area contributed by atoms with Gasteiger partial charge in [0.2, 0.25) is 0 Å². The summed E-state index contributed by atoms with van der Waals surface area (Å²) < 4.78 is 1.79. The van der Waals surface area contributed by atoms with Crippen LogP contribution in [0.1, 0.15) is 54.1 Å². The van der Waals surface area contributed by atoms with E-state index < -0.39 is 0 Å². The Morgan fingerprint density at radius 2 is 1.97 bits per heavy atom. The first kappa shape index (κ1) is 16.8. The molecule has 1 N–H and O–H groups in total. The second-order valence-electron chi connectivity index (χ2n) is 8.27. The van der Waals surface area contributed by atoms with Gasteiger partial charge in [-0.25, -0.2) is 9.50 Å². The molecule has 0 bridgehead atoms. The predicted octanol–water partition coefficient (Wildman–Crippen LogP) is 4.38. The lowest BCUT2D eigenvalue weighted by atomic mass is 10.0. The number of H-pyrrole nitrogens is 1. The molecule has 1 aliphatic heterocycles. The number of aromatic amines is 1. The van der Waals surface area contributed by atoms with E-state index >= 15 is 0 Å². The van der Waals surface area contributed by atoms with Crippen molar-refractivity contribution in [3.05, 3.63) is 54.1 Å². The van der Waals surface area contributed by atoms with E-state index in [1.54, 1.807) is 10.7 Å². The number of likely N-dealkylation sites (tertiary alicyclic amines) is 1. The average Bonchev–Trinajstić information content (AvgIpc) is 3.40. The second-order valence-corrected chi connectivity index (χ2v) is 8.27. The molecular formula is C23H23N5O. The van der Waals surface area contributed by atoms with Crippen molar-refractivity contribution in [3.8, 4) is 11.1 Å². The Morgan fingerprint density at radius 1 is 1.10 bits per heavy atom. The standard InChI is InChI=1S/C23H23N5O/c29-23(27-9-2-1-3-10-27)19-14-25-28-11-8-16(12-21(19)28)18-13-24-22-17(18)6-7-20(26-22)15-4-5-15/h6-8,11-15H,1-5,9-10H2,(H,24,26). The molecule has 0 spiro atoms. The van der Waals surface area contributed by atoms with E-state index in [0.717, 1.165) is 53.6 Å². The number of nitrogens with zero attached hydrogens (tertiary/aromatic N) is 4. The Bertz CT molecular complexity index is 1230. The molecule has 4 aromatic rings. The molecule has 0 unspecified atom stereocenters. The fraction of sp³-hybridized carbons (Fsp3) is 0.348. The van der Waals surface area contributed by atoms with Gasteiger partial charge in [-0.05, 0) is 61.9 Å². The van der Waals surface area contributed by atoms with Gasteiger partial charge in [-0.15, -0.1) is 0 Å². The Kier molecular flexibility index (Phi) is 3.72. The highest BCUT2D eigenvalue weighted by Gasteiger charge is 2.25. The van der Waals surface area contributed by atoms with Crippen LogP contribution in [0.4, 0.5) is 0 Å². The van der Waals surface area contributed by atoms with Crippen molar-refractivity contribution < 1.29 is 4.79 Å². The Morgan fingerprint density at radius 3 is 2.79 bits per heavy atom. The minimum absolute atomic E-state index is 0.0894. The van der Waals surface area contributed by atoms with Gasteiger partial charge in [-0.2, -0.15) is 5.10 Å². The number of carbonyl (C=O) groups excluding carboxylic acids is 1. The van der Waals surface area contributed by atoms with Crippen LogP contribution >= 0.6 is 0 Å². The van der Waals surface area contributed by atoms with Gasteiger partial charge in [-0.3, -0.25) is 4.79 Å². The van der Waals surface area contributed by atoms with Gasteiger partial charge in [0.15, 0.2) is 0 Å². The smallest absolute Gasteiger partial charge is 0.257 e. The molecule has 146 valence electrons. The number of hydrogen-bond donors (Lipinski definition) is 1. The van der Waals surface area contributed by atoms with E-state index in [1.165, 1.54) is 25.0 Å². The average molecular weight is 385 g/mol. The Balaban J connectivity index is 1.41. The molecule has 1 saturated carbocycles. The molecule has 1 amide bonds. The van der Waals surface area contributed by atoms with Crippen LogP contribution in [0.15, 0.2) is 42.9 Å². The monoisotopic (exact) mass is 385 g/mol.